The second kappa shape index (κ2) is 3.35. The lowest BCUT2D eigenvalue weighted by Gasteiger charge is -2.43. The van der Waals surface area contributed by atoms with E-state index >= 15 is 0 Å². The van der Waals surface area contributed by atoms with Crippen LogP contribution in [0.3, 0.4) is 0 Å². The molecule has 0 spiro atoms. The van der Waals surface area contributed by atoms with Crippen molar-refractivity contribution in [3.8, 4) is 0 Å². The molecule has 2 nitrogen and oxygen atoms in total. The average molecular weight is 170 g/mol. The largest absolute Gasteiger partial charge is 0.306 e. The summed E-state index contributed by atoms with van der Waals surface area (Å²) < 4.78 is 0. The van der Waals surface area contributed by atoms with E-state index in [4.69, 9.17) is 0 Å². The Hall–Kier alpha value is -0.0800. The van der Waals surface area contributed by atoms with Gasteiger partial charge >= 0.3 is 0 Å². The molecule has 1 saturated heterocycles. The topological polar surface area (TPSA) is 15.3 Å². The van der Waals surface area contributed by atoms with E-state index in [0.717, 1.165) is 0 Å². The summed E-state index contributed by atoms with van der Waals surface area (Å²) in [6.45, 7) is 11.5. The molecule has 2 heteroatoms. The summed E-state index contributed by atoms with van der Waals surface area (Å²) in [5, 5.41) is 3.68. The summed E-state index contributed by atoms with van der Waals surface area (Å²) in [7, 11) is 2.17. The zero-order valence-electron chi connectivity index (χ0n) is 9.02. The van der Waals surface area contributed by atoms with Crippen LogP contribution in [0.2, 0.25) is 0 Å². The maximum Gasteiger partial charge on any atom is 0.0327 e. The number of likely N-dealkylation sites (tertiary alicyclic amines) is 1. The van der Waals surface area contributed by atoms with Gasteiger partial charge in [-0.15, -0.1) is 0 Å². The van der Waals surface area contributed by atoms with Gasteiger partial charge in [-0.1, -0.05) is 13.8 Å². The zero-order chi connectivity index (χ0) is 9.35. The van der Waals surface area contributed by atoms with Gasteiger partial charge in [-0.2, -0.15) is 0 Å². The van der Waals surface area contributed by atoms with Crippen LogP contribution in [0.1, 0.15) is 27.7 Å². The van der Waals surface area contributed by atoms with Crippen molar-refractivity contribution in [2.24, 2.45) is 5.92 Å². The van der Waals surface area contributed by atoms with Crippen molar-refractivity contribution in [1.29, 1.82) is 0 Å². The monoisotopic (exact) mass is 170 g/mol. The number of likely N-dealkylation sites (N-methyl/N-ethyl adjacent to an activating group) is 1. The Morgan fingerprint density at radius 3 is 2.17 bits per heavy atom. The van der Waals surface area contributed by atoms with Crippen LogP contribution in [0.4, 0.5) is 0 Å². The highest BCUT2D eigenvalue weighted by Gasteiger charge is 2.30. The molecule has 12 heavy (non-hydrogen) atoms. The van der Waals surface area contributed by atoms with Crippen LogP contribution in [-0.2, 0) is 0 Å². The highest BCUT2D eigenvalue weighted by Crippen LogP contribution is 2.18. The van der Waals surface area contributed by atoms with Gasteiger partial charge in [0.25, 0.3) is 0 Å². The number of rotatable bonds is 3. The van der Waals surface area contributed by atoms with E-state index in [1.807, 2.05) is 0 Å². The summed E-state index contributed by atoms with van der Waals surface area (Å²) in [4.78, 5) is 2.34. The van der Waals surface area contributed by atoms with Crippen LogP contribution in [0.25, 0.3) is 0 Å². The highest BCUT2D eigenvalue weighted by atomic mass is 15.2. The third kappa shape index (κ3) is 2.20. The quantitative estimate of drug-likeness (QED) is 0.687. The molecule has 1 N–H and O–H groups in total. The van der Waals surface area contributed by atoms with E-state index in [1.165, 1.54) is 13.1 Å². The van der Waals surface area contributed by atoms with Gasteiger partial charge in [0.15, 0.2) is 0 Å². The number of hydrogen-bond donors (Lipinski definition) is 1. The molecule has 0 atom stereocenters. The van der Waals surface area contributed by atoms with Crippen molar-refractivity contribution in [3.63, 3.8) is 0 Å². The first-order chi connectivity index (χ1) is 5.42. The predicted octanol–water partition coefficient (Wildman–Crippen LogP) is 1.32. The van der Waals surface area contributed by atoms with Crippen LogP contribution in [0.5, 0.6) is 0 Å². The molecule has 1 aliphatic rings. The molecule has 0 unspecified atom stereocenters. The van der Waals surface area contributed by atoms with E-state index in [-0.39, 0.29) is 5.54 Å². The Morgan fingerprint density at radius 1 is 1.33 bits per heavy atom. The van der Waals surface area contributed by atoms with Crippen LogP contribution >= 0.6 is 0 Å². The van der Waals surface area contributed by atoms with Crippen molar-refractivity contribution in [2.75, 3.05) is 20.1 Å². The minimum Gasteiger partial charge on any atom is -0.306 e. The molecule has 0 aromatic heterocycles. The fourth-order valence-corrected chi connectivity index (χ4v) is 1.48. The van der Waals surface area contributed by atoms with E-state index in [9.17, 15) is 0 Å². The lowest BCUT2D eigenvalue weighted by molar-refractivity contribution is 0.118. The fraction of sp³-hybridized carbons (Fsp3) is 1.00. The zero-order valence-corrected chi connectivity index (χ0v) is 9.02. The van der Waals surface area contributed by atoms with Crippen molar-refractivity contribution < 1.29 is 0 Å². The molecule has 1 heterocycles. The van der Waals surface area contributed by atoms with Crippen LogP contribution in [0, 0.1) is 5.92 Å². The number of nitrogens with one attached hydrogen (secondary N) is 1. The summed E-state index contributed by atoms with van der Waals surface area (Å²) in [5.74, 6) is 0.698. The van der Waals surface area contributed by atoms with Crippen LogP contribution in [-0.4, -0.2) is 36.6 Å². The molecule has 72 valence electrons. The second-order valence-corrected chi connectivity index (χ2v) is 4.94. The first-order valence-electron chi connectivity index (χ1n) is 4.88. The third-order valence-corrected chi connectivity index (χ3v) is 3.08. The Bertz CT molecular complexity index is 146. The molecule has 0 aromatic rings. The van der Waals surface area contributed by atoms with Crippen LogP contribution < -0.4 is 5.32 Å². The van der Waals surface area contributed by atoms with Gasteiger partial charge in [-0.25, -0.2) is 0 Å². The molecule has 0 aromatic carbocycles. The second-order valence-electron chi connectivity index (χ2n) is 4.94. The molecule has 0 amide bonds. The van der Waals surface area contributed by atoms with Crippen molar-refractivity contribution in [2.45, 2.75) is 39.3 Å². The maximum atomic E-state index is 3.68. The summed E-state index contributed by atoms with van der Waals surface area (Å²) in [5.41, 5.74) is 0.284. The van der Waals surface area contributed by atoms with E-state index in [0.29, 0.717) is 12.0 Å². The number of hydrogen-bond acceptors (Lipinski definition) is 2. The Kier molecular flexibility index (Phi) is 2.79. The fourth-order valence-electron chi connectivity index (χ4n) is 1.48. The van der Waals surface area contributed by atoms with E-state index < -0.39 is 0 Å². The SMILES string of the molecule is CC(C)C(C)(C)NC1CN(C)C1. The standard InChI is InChI=1S/C10H22N2/c1-8(2)10(3,4)11-9-6-12(5)7-9/h8-9,11H,6-7H2,1-5H3. The van der Waals surface area contributed by atoms with Crippen molar-refractivity contribution in [1.82, 2.24) is 10.2 Å². The summed E-state index contributed by atoms with van der Waals surface area (Å²) >= 11 is 0. The Labute approximate surface area is 76.3 Å². The molecule has 0 saturated carbocycles. The lowest BCUT2D eigenvalue weighted by atomic mass is 9.89. The third-order valence-electron chi connectivity index (χ3n) is 3.08. The first-order valence-corrected chi connectivity index (χ1v) is 4.88. The van der Waals surface area contributed by atoms with Gasteiger partial charge in [-0.05, 0) is 26.8 Å². The van der Waals surface area contributed by atoms with Gasteiger partial charge < -0.3 is 10.2 Å². The highest BCUT2D eigenvalue weighted by molar-refractivity contribution is 4.91. The normalized spacial score (nSPS) is 21.5. The summed E-state index contributed by atoms with van der Waals surface area (Å²) in [6.07, 6.45) is 0. The van der Waals surface area contributed by atoms with Crippen molar-refractivity contribution >= 4 is 0 Å². The molecule has 1 aliphatic heterocycles. The molecule has 0 aliphatic carbocycles. The van der Waals surface area contributed by atoms with Gasteiger partial charge in [0.1, 0.15) is 0 Å². The van der Waals surface area contributed by atoms with Crippen molar-refractivity contribution in [3.05, 3.63) is 0 Å². The average Bonchev–Trinajstić information content (AvgIpc) is 1.83. The number of nitrogens with zero attached hydrogens (tertiary/aromatic N) is 1. The summed E-state index contributed by atoms with van der Waals surface area (Å²) in [6, 6.07) is 0.715. The first kappa shape index (κ1) is 10.0. The lowest BCUT2D eigenvalue weighted by Crippen LogP contribution is -2.62. The van der Waals surface area contributed by atoms with Gasteiger partial charge in [0.2, 0.25) is 0 Å². The smallest absolute Gasteiger partial charge is 0.0327 e. The molecule has 0 bridgehead atoms. The van der Waals surface area contributed by atoms with E-state index in [2.05, 4.69) is 45.0 Å². The predicted molar refractivity (Wildman–Crippen MR) is 53.3 cm³/mol. The Balaban J connectivity index is 2.30. The molecular formula is C10H22N2. The Morgan fingerprint density at radius 2 is 1.83 bits per heavy atom. The van der Waals surface area contributed by atoms with E-state index in [1.54, 1.807) is 0 Å². The van der Waals surface area contributed by atoms with Crippen LogP contribution in [0.15, 0.2) is 0 Å². The van der Waals surface area contributed by atoms with Gasteiger partial charge in [-0.3, -0.25) is 0 Å². The maximum absolute atomic E-state index is 3.68. The van der Waals surface area contributed by atoms with Gasteiger partial charge in [0, 0.05) is 24.7 Å². The minimum absolute atomic E-state index is 0.284. The molecule has 0 radical (unpaired) electrons. The minimum atomic E-state index is 0.284. The molecular weight excluding hydrogens is 148 g/mol. The molecule has 1 fully saturated rings. The molecule has 1 rings (SSSR count). The van der Waals surface area contributed by atoms with Gasteiger partial charge in [0.05, 0.1) is 0 Å².